The van der Waals surface area contributed by atoms with E-state index in [-0.39, 0.29) is 11.7 Å². The highest BCUT2D eigenvalue weighted by molar-refractivity contribution is 9.10. The zero-order valence-electron chi connectivity index (χ0n) is 11.7. The number of anilines is 1. The SMILES string of the molecule is CC(CNC(=O)c1cc(Br)cnc1N)CN1CCCC1. The van der Waals surface area contributed by atoms with Gasteiger partial charge in [0.1, 0.15) is 5.82 Å². The summed E-state index contributed by atoms with van der Waals surface area (Å²) in [5, 5.41) is 2.93. The molecule has 0 bridgehead atoms. The Morgan fingerprint density at radius 3 is 2.95 bits per heavy atom. The summed E-state index contributed by atoms with van der Waals surface area (Å²) in [5.41, 5.74) is 6.15. The van der Waals surface area contributed by atoms with Crippen LogP contribution in [0, 0.1) is 5.92 Å². The van der Waals surface area contributed by atoms with Crippen LogP contribution in [0.15, 0.2) is 16.7 Å². The Balaban J connectivity index is 1.83. The Hall–Kier alpha value is -1.14. The van der Waals surface area contributed by atoms with Crippen molar-refractivity contribution < 1.29 is 4.79 Å². The van der Waals surface area contributed by atoms with Gasteiger partial charge in [0, 0.05) is 23.8 Å². The van der Waals surface area contributed by atoms with Crippen LogP contribution in [0.5, 0.6) is 0 Å². The van der Waals surface area contributed by atoms with E-state index in [1.165, 1.54) is 25.9 Å². The lowest BCUT2D eigenvalue weighted by Gasteiger charge is -2.20. The minimum atomic E-state index is -0.162. The van der Waals surface area contributed by atoms with E-state index in [4.69, 9.17) is 5.73 Å². The average molecular weight is 341 g/mol. The first kappa shape index (κ1) is 15.3. The number of amides is 1. The van der Waals surface area contributed by atoms with Gasteiger partial charge in [-0.2, -0.15) is 0 Å². The minimum absolute atomic E-state index is 0.162. The molecule has 0 spiro atoms. The Labute approximate surface area is 128 Å². The number of rotatable bonds is 5. The molecule has 0 radical (unpaired) electrons. The highest BCUT2D eigenvalue weighted by Gasteiger charge is 2.16. The Bertz CT molecular complexity index is 474. The van der Waals surface area contributed by atoms with Gasteiger partial charge in [-0.25, -0.2) is 4.98 Å². The fourth-order valence-corrected chi connectivity index (χ4v) is 2.80. The molecule has 0 saturated carbocycles. The van der Waals surface area contributed by atoms with Gasteiger partial charge in [-0.05, 0) is 53.8 Å². The second-order valence-corrected chi connectivity index (χ2v) is 6.32. The molecule has 1 unspecified atom stereocenters. The summed E-state index contributed by atoms with van der Waals surface area (Å²) < 4.78 is 0.752. The zero-order valence-corrected chi connectivity index (χ0v) is 13.3. The van der Waals surface area contributed by atoms with Crippen molar-refractivity contribution in [2.75, 3.05) is 31.9 Å². The number of hydrogen-bond donors (Lipinski definition) is 2. The number of halogens is 1. The van der Waals surface area contributed by atoms with Crippen molar-refractivity contribution in [1.29, 1.82) is 0 Å². The topological polar surface area (TPSA) is 71.2 Å². The number of nitrogens with two attached hydrogens (primary N) is 1. The third-order valence-electron chi connectivity index (χ3n) is 3.51. The van der Waals surface area contributed by atoms with E-state index in [0.717, 1.165) is 11.0 Å². The molecular weight excluding hydrogens is 320 g/mol. The summed E-state index contributed by atoms with van der Waals surface area (Å²) in [6, 6.07) is 1.70. The van der Waals surface area contributed by atoms with Crippen molar-refractivity contribution in [3.8, 4) is 0 Å². The molecule has 6 heteroatoms. The minimum Gasteiger partial charge on any atom is -0.383 e. The monoisotopic (exact) mass is 340 g/mol. The van der Waals surface area contributed by atoms with E-state index in [2.05, 4.69) is 38.1 Å². The normalized spacial score (nSPS) is 17.1. The first-order chi connectivity index (χ1) is 9.56. The Morgan fingerprint density at radius 2 is 2.25 bits per heavy atom. The maximum Gasteiger partial charge on any atom is 0.255 e. The smallest absolute Gasteiger partial charge is 0.255 e. The zero-order chi connectivity index (χ0) is 14.5. The molecule has 1 fully saturated rings. The molecule has 1 saturated heterocycles. The number of carbonyl (C=O) groups is 1. The van der Waals surface area contributed by atoms with E-state index >= 15 is 0 Å². The molecule has 1 aromatic heterocycles. The Kier molecular flexibility index (Phi) is 5.37. The third-order valence-corrected chi connectivity index (χ3v) is 3.94. The number of hydrogen-bond acceptors (Lipinski definition) is 4. The lowest BCUT2D eigenvalue weighted by Crippen LogP contribution is -2.34. The third kappa shape index (κ3) is 4.18. The summed E-state index contributed by atoms with van der Waals surface area (Å²) in [5.74, 6) is 0.529. The van der Waals surface area contributed by atoms with Crippen LogP contribution in [0.4, 0.5) is 5.82 Å². The molecule has 1 aliphatic rings. The van der Waals surface area contributed by atoms with Crippen LogP contribution in [-0.2, 0) is 0 Å². The predicted octanol–water partition coefficient (Wildman–Crippen LogP) is 1.89. The molecule has 1 amide bonds. The maximum atomic E-state index is 12.1. The molecule has 20 heavy (non-hydrogen) atoms. The van der Waals surface area contributed by atoms with E-state index in [9.17, 15) is 4.79 Å². The summed E-state index contributed by atoms with van der Waals surface area (Å²) in [4.78, 5) is 18.5. The number of likely N-dealkylation sites (tertiary alicyclic amines) is 1. The van der Waals surface area contributed by atoms with Gasteiger partial charge in [0.15, 0.2) is 0 Å². The van der Waals surface area contributed by atoms with Crippen LogP contribution in [-0.4, -0.2) is 42.0 Å². The van der Waals surface area contributed by atoms with Crippen molar-refractivity contribution in [1.82, 2.24) is 15.2 Å². The molecule has 3 N–H and O–H groups in total. The average Bonchev–Trinajstić information content (AvgIpc) is 2.91. The van der Waals surface area contributed by atoms with Gasteiger partial charge in [0.05, 0.1) is 5.56 Å². The van der Waals surface area contributed by atoms with Crippen molar-refractivity contribution in [2.45, 2.75) is 19.8 Å². The molecule has 2 rings (SSSR count). The molecule has 110 valence electrons. The standard InChI is InChI=1S/C14H21BrN4O/c1-10(9-19-4-2-3-5-19)7-18-14(20)12-6-11(15)8-17-13(12)16/h6,8,10H,2-5,7,9H2,1H3,(H2,16,17)(H,18,20). The van der Waals surface area contributed by atoms with Gasteiger partial charge in [-0.1, -0.05) is 6.92 Å². The lowest BCUT2D eigenvalue weighted by atomic mass is 10.1. The number of nitrogen functional groups attached to an aromatic ring is 1. The highest BCUT2D eigenvalue weighted by atomic mass is 79.9. The van der Waals surface area contributed by atoms with Crippen LogP contribution in [0.2, 0.25) is 0 Å². The second-order valence-electron chi connectivity index (χ2n) is 5.41. The fraction of sp³-hybridized carbons (Fsp3) is 0.571. The van der Waals surface area contributed by atoms with E-state index in [0.29, 0.717) is 18.0 Å². The van der Waals surface area contributed by atoms with Crippen LogP contribution in [0.1, 0.15) is 30.1 Å². The van der Waals surface area contributed by atoms with E-state index in [1.54, 1.807) is 12.3 Å². The highest BCUT2D eigenvalue weighted by Crippen LogP contribution is 2.15. The largest absolute Gasteiger partial charge is 0.383 e. The Morgan fingerprint density at radius 1 is 1.55 bits per heavy atom. The van der Waals surface area contributed by atoms with Gasteiger partial charge in [0.25, 0.3) is 5.91 Å². The fourth-order valence-electron chi connectivity index (χ4n) is 2.46. The summed E-state index contributed by atoms with van der Waals surface area (Å²) in [6.45, 7) is 6.20. The van der Waals surface area contributed by atoms with Gasteiger partial charge < -0.3 is 16.0 Å². The van der Waals surface area contributed by atoms with Crippen LogP contribution >= 0.6 is 15.9 Å². The number of carbonyl (C=O) groups excluding carboxylic acids is 1. The van der Waals surface area contributed by atoms with Gasteiger partial charge in [-0.15, -0.1) is 0 Å². The van der Waals surface area contributed by atoms with Crippen LogP contribution in [0.3, 0.4) is 0 Å². The molecule has 1 aromatic rings. The second kappa shape index (κ2) is 7.04. The number of pyridine rings is 1. The summed E-state index contributed by atoms with van der Waals surface area (Å²) in [7, 11) is 0. The van der Waals surface area contributed by atoms with Crippen LogP contribution in [0.25, 0.3) is 0 Å². The molecule has 2 heterocycles. The lowest BCUT2D eigenvalue weighted by molar-refractivity contribution is 0.0945. The summed E-state index contributed by atoms with van der Waals surface area (Å²) >= 11 is 3.30. The van der Waals surface area contributed by atoms with Crippen molar-refractivity contribution in [2.24, 2.45) is 5.92 Å². The quantitative estimate of drug-likeness (QED) is 0.858. The predicted molar refractivity (Wildman–Crippen MR) is 83.5 cm³/mol. The molecule has 1 atom stereocenters. The number of nitrogens with one attached hydrogen (secondary N) is 1. The molecule has 0 aliphatic carbocycles. The van der Waals surface area contributed by atoms with Gasteiger partial charge >= 0.3 is 0 Å². The van der Waals surface area contributed by atoms with E-state index in [1.807, 2.05) is 0 Å². The maximum absolute atomic E-state index is 12.1. The first-order valence-electron chi connectivity index (χ1n) is 6.98. The number of nitrogens with zero attached hydrogens (tertiary/aromatic N) is 2. The van der Waals surface area contributed by atoms with Crippen molar-refractivity contribution >= 4 is 27.7 Å². The molecule has 1 aliphatic heterocycles. The number of aromatic nitrogens is 1. The summed E-state index contributed by atoms with van der Waals surface area (Å²) in [6.07, 6.45) is 4.17. The van der Waals surface area contributed by atoms with Crippen molar-refractivity contribution in [3.05, 3.63) is 22.3 Å². The first-order valence-corrected chi connectivity index (χ1v) is 7.77. The van der Waals surface area contributed by atoms with Crippen LogP contribution < -0.4 is 11.1 Å². The van der Waals surface area contributed by atoms with Gasteiger partial charge in [-0.3, -0.25) is 4.79 Å². The van der Waals surface area contributed by atoms with Gasteiger partial charge in [0.2, 0.25) is 0 Å². The van der Waals surface area contributed by atoms with Crippen molar-refractivity contribution in [3.63, 3.8) is 0 Å². The molecular formula is C14H21BrN4O. The van der Waals surface area contributed by atoms with E-state index < -0.39 is 0 Å². The molecule has 5 nitrogen and oxygen atoms in total. The molecule has 0 aromatic carbocycles.